The summed E-state index contributed by atoms with van der Waals surface area (Å²) in [7, 11) is 3.78. The summed E-state index contributed by atoms with van der Waals surface area (Å²) < 4.78 is 3.61. The minimum atomic E-state index is -0.0518. The van der Waals surface area contributed by atoms with Crippen molar-refractivity contribution in [1.82, 2.24) is 29.7 Å². The fourth-order valence-electron chi connectivity index (χ4n) is 1.55. The highest BCUT2D eigenvalue weighted by atomic mass is 15.3. The number of rotatable bonds is 4. The second kappa shape index (κ2) is 4.42. The third kappa shape index (κ3) is 2.10. The Morgan fingerprint density at radius 2 is 2.25 bits per heavy atom. The predicted octanol–water partition coefficient (Wildman–Crippen LogP) is -0.704. The quantitative estimate of drug-likeness (QED) is 0.526. The molecule has 0 spiro atoms. The number of nitrogens with zero attached hydrogens (tertiary/aromatic N) is 5. The van der Waals surface area contributed by atoms with E-state index in [2.05, 4.69) is 20.5 Å². The van der Waals surface area contributed by atoms with Crippen LogP contribution in [0.3, 0.4) is 0 Å². The van der Waals surface area contributed by atoms with E-state index in [1.807, 2.05) is 24.9 Å². The van der Waals surface area contributed by atoms with Crippen molar-refractivity contribution in [3.8, 4) is 0 Å². The summed E-state index contributed by atoms with van der Waals surface area (Å²) in [6, 6.07) is -0.0518. The van der Waals surface area contributed by atoms with Crippen molar-refractivity contribution in [2.45, 2.75) is 12.5 Å². The standard InChI is InChI=1S/C9H15N7/c1-15-4-8(12-6-15)7(14-10)3-9-11-5-13-16(9)2/h4-7,14H,3,10H2,1-2H3. The van der Waals surface area contributed by atoms with Crippen molar-refractivity contribution >= 4 is 0 Å². The van der Waals surface area contributed by atoms with Gasteiger partial charge in [-0.2, -0.15) is 5.10 Å². The zero-order valence-corrected chi connectivity index (χ0v) is 9.33. The summed E-state index contributed by atoms with van der Waals surface area (Å²) in [6.45, 7) is 0. The molecule has 7 nitrogen and oxygen atoms in total. The van der Waals surface area contributed by atoms with Crippen molar-refractivity contribution in [1.29, 1.82) is 0 Å². The Hall–Kier alpha value is -1.73. The van der Waals surface area contributed by atoms with Crippen molar-refractivity contribution in [2.75, 3.05) is 0 Å². The SMILES string of the molecule is Cn1cnc(C(Cc2ncnn2C)NN)c1. The van der Waals surface area contributed by atoms with E-state index in [1.165, 1.54) is 6.33 Å². The van der Waals surface area contributed by atoms with Gasteiger partial charge in [0, 0.05) is 26.7 Å². The van der Waals surface area contributed by atoms with Gasteiger partial charge in [-0.25, -0.2) is 9.97 Å². The maximum Gasteiger partial charge on any atom is 0.138 e. The van der Waals surface area contributed by atoms with Crippen LogP contribution in [-0.2, 0) is 20.5 Å². The van der Waals surface area contributed by atoms with Crippen LogP contribution in [0, 0.1) is 0 Å². The Bertz CT molecular complexity index is 458. The number of nitrogens with two attached hydrogens (primary N) is 1. The number of aryl methyl sites for hydroxylation is 2. The van der Waals surface area contributed by atoms with E-state index in [9.17, 15) is 0 Å². The maximum atomic E-state index is 5.52. The van der Waals surface area contributed by atoms with Gasteiger partial charge in [0.05, 0.1) is 18.1 Å². The number of nitrogens with one attached hydrogen (secondary N) is 1. The molecule has 16 heavy (non-hydrogen) atoms. The topological polar surface area (TPSA) is 86.6 Å². The average Bonchev–Trinajstić information content (AvgIpc) is 2.85. The summed E-state index contributed by atoms with van der Waals surface area (Å²) >= 11 is 0. The first kappa shape index (κ1) is 10.8. The van der Waals surface area contributed by atoms with Crippen LogP contribution in [0.1, 0.15) is 17.6 Å². The molecular weight excluding hydrogens is 206 g/mol. The number of aromatic nitrogens is 5. The smallest absolute Gasteiger partial charge is 0.138 e. The summed E-state index contributed by atoms with van der Waals surface area (Å²) in [6.07, 6.45) is 5.86. The Kier molecular flexibility index (Phi) is 2.97. The average molecular weight is 221 g/mol. The Labute approximate surface area is 93.3 Å². The van der Waals surface area contributed by atoms with Crippen LogP contribution >= 0.6 is 0 Å². The van der Waals surface area contributed by atoms with Crippen molar-refractivity contribution < 1.29 is 0 Å². The molecule has 0 saturated heterocycles. The van der Waals surface area contributed by atoms with Crippen molar-refractivity contribution in [2.24, 2.45) is 19.9 Å². The van der Waals surface area contributed by atoms with Crippen LogP contribution < -0.4 is 11.3 Å². The van der Waals surface area contributed by atoms with Gasteiger partial charge in [-0.15, -0.1) is 0 Å². The monoisotopic (exact) mass is 221 g/mol. The summed E-state index contributed by atoms with van der Waals surface area (Å²) in [5.74, 6) is 6.39. The van der Waals surface area contributed by atoms with Crippen LogP contribution in [0.5, 0.6) is 0 Å². The molecule has 0 aliphatic heterocycles. The van der Waals surface area contributed by atoms with Gasteiger partial charge in [-0.3, -0.25) is 16.0 Å². The van der Waals surface area contributed by atoms with Crippen LogP contribution in [0.4, 0.5) is 0 Å². The van der Waals surface area contributed by atoms with Gasteiger partial charge in [0.2, 0.25) is 0 Å². The van der Waals surface area contributed by atoms with Gasteiger partial charge in [0.15, 0.2) is 0 Å². The van der Waals surface area contributed by atoms with E-state index in [0.29, 0.717) is 6.42 Å². The first-order valence-corrected chi connectivity index (χ1v) is 4.97. The Balaban J connectivity index is 2.15. The third-order valence-corrected chi connectivity index (χ3v) is 2.47. The molecule has 86 valence electrons. The molecule has 2 heterocycles. The molecule has 0 bridgehead atoms. The van der Waals surface area contributed by atoms with Gasteiger partial charge >= 0.3 is 0 Å². The van der Waals surface area contributed by atoms with Crippen LogP contribution in [0.15, 0.2) is 18.9 Å². The van der Waals surface area contributed by atoms with Gasteiger partial charge in [0.25, 0.3) is 0 Å². The highest BCUT2D eigenvalue weighted by Gasteiger charge is 2.15. The number of hydrogen-bond donors (Lipinski definition) is 2. The molecule has 0 aliphatic carbocycles. The molecule has 2 aromatic heterocycles. The fourth-order valence-corrected chi connectivity index (χ4v) is 1.55. The van der Waals surface area contributed by atoms with Gasteiger partial charge < -0.3 is 4.57 Å². The molecule has 0 fully saturated rings. The van der Waals surface area contributed by atoms with E-state index in [-0.39, 0.29) is 6.04 Å². The minimum Gasteiger partial charge on any atom is -0.340 e. The molecule has 1 atom stereocenters. The predicted molar refractivity (Wildman–Crippen MR) is 58.0 cm³/mol. The number of imidazole rings is 1. The molecular formula is C9H15N7. The highest BCUT2D eigenvalue weighted by molar-refractivity contribution is 5.06. The van der Waals surface area contributed by atoms with E-state index in [4.69, 9.17) is 5.84 Å². The molecule has 0 aliphatic rings. The maximum absolute atomic E-state index is 5.52. The van der Waals surface area contributed by atoms with Crippen LogP contribution in [-0.4, -0.2) is 24.3 Å². The summed E-state index contributed by atoms with van der Waals surface area (Å²) in [5, 5.41) is 4.01. The molecule has 7 heteroatoms. The minimum absolute atomic E-state index is 0.0518. The lowest BCUT2D eigenvalue weighted by molar-refractivity contribution is 0.513. The second-order valence-electron chi connectivity index (χ2n) is 3.69. The lowest BCUT2D eigenvalue weighted by Crippen LogP contribution is -2.30. The molecule has 3 N–H and O–H groups in total. The molecule has 0 radical (unpaired) electrons. The van der Waals surface area contributed by atoms with E-state index in [1.54, 1.807) is 11.0 Å². The van der Waals surface area contributed by atoms with Crippen molar-refractivity contribution in [3.05, 3.63) is 30.4 Å². The number of hydrogen-bond acceptors (Lipinski definition) is 5. The van der Waals surface area contributed by atoms with Crippen LogP contribution in [0.25, 0.3) is 0 Å². The first-order chi connectivity index (χ1) is 7.70. The van der Waals surface area contributed by atoms with Gasteiger partial charge in [-0.1, -0.05) is 0 Å². The van der Waals surface area contributed by atoms with E-state index in [0.717, 1.165) is 11.5 Å². The third-order valence-electron chi connectivity index (χ3n) is 2.47. The summed E-state index contributed by atoms with van der Waals surface area (Å²) in [4.78, 5) is 8.42. The van der Waals surface area contributed by atoms with Gasteiger partial charge in [-0.05, 0) is 0 Å². The Morgan fingerprint density at radius 1 is 1.44 bits per heavy atom. The molecule has 2 rings (SSSR count). The molecule has 0 aromatic carbocycles. The van der Waals surface area contributed by atoms with Crippen LogP contribution in [0.2, 0.25) is 0 Å². The lowest BCUT2D eigenvalue weighted by Gasteiger charge is -2.12. The molecule has 0 amide bonds. The number of hydrazine groups is 1. The lowest BCUT2D eigenvalue weighted by atomic mass is 10.1. The molecule has 1 unspecified atom stereocenters. The zero-order valence-electron chi connectivity index (χ0n) is 9.33. The largest absolute Gasteiger partial charge is 0.340 e. The molecule has 0 saturated carbocycles. The van der Waals surface area contributed by atoms with E-state index < -0.39 is 0 Å². The highest BCUT2D eigenvalue weighted by Crippen LogP contribution is 2.13. The second-order valence-corrected chi connectivity index (χ2v) is 3.69. The summed E-state index contributed by atoms with van der Waals surface area (Å²) in [5.41, 5.74) is 3.64. The van der Waals surface area contributed by atoms with Crippen molar-refractivity contribution in [3.63, 3.8) is 0 Å². The van der Waals surface area contributed by atoms with Gasteiger partial charge in [0.1, 0.15) is 12.2 Å². The zero-order chi connectivity index (χ0) is 11.5. The first-order valence-electron chi connectivity index (χ1n) is 4.97. The van der Waals surface area contributed by atoms with E-state index >= 15 is 0 Å². The molecule has 2 aromatic rings. The normalized spacial score (nSPS) is 12.9. The Morgan fingerprint density at radius 3 is 2.75 bits per heavy atom. The fraction of sp³-hybridized carbons (Fsp3) is 0.444.